The lowest BCUT2D eigenvalue weighted by atomic mass is 9.78. The second-order valence-corrected chi connectivity index (χ2v) is 11.1. The van der Waals surface area contributed by atoms with Crippen LogP contribution in [-0.2, 0) is 9.59 Å². The number of allylic oxidation sites excluding steroid dienone is 3. The molecule has 10 nitrogen and oxygen atoms in total. The third kappa shape index (κ3) is 5.41. The summed E-state index contributed by atoms with van der Waals surface area (Å²) in [4.78, 5) is 27.3. The van der Waals surface area contributed by atoms with Crippen molar-refractivity contribution in [2.75, 3.05) is 22.6 Å². The van der Waals surface area contributed by atoms with E-state index in [1.165, 1.54) is 23.1 Å². The predicted octanol–water partition coefficient (Wildman–Crippen LogP) is 4.87. The second-order valence-electron chi connectivity index (χ2n) is 8.91. The van der Waals surface area contributed by atoms with E-state index in [0.717, 1.165) is 5.75 Å². The Bertz CT molecular complexity index is 1520. The van der Waals surface area contributed by atoms with Gasteiger partial charge in [-0.2, -0.15) is 5.26 Å². The number of nitrogens with zero attached hydrogens (tertiary/aromatic N) is 4. The zero-order chi connectivity index (χ0) is 27.5. The lowest BCUT2D eigenvalue weighted by Crippen LogP contribution is -2.38. The van der Waals surface area contributed by atoms with E-state index in [9.17, 15) is 14.9 Å². The van der Waals surface area contributed by atoms with Crippen LogP contribution in [0.2, 0.25) is 0 Å². The molecule has 0 radical (unpaired) electrons. The quantitative estimate of drug-likeness (QED) is 0.364. The number of hydrogen-bond donors (Lipinski definition) is 2. The fourth-order valence-electron chi connectivity index (χ4n) is 4.67. The Kier molecular flexibility index (Phi) is 7.72. The number of furan rings is 1. The van der Waals surface area contributed by atoms with Crippen LogP contribution in [0, 0.1) is 18.3 Å². The van der Waals surface area contributed by atoms with Gasteiger partial charge in [-0.1, -0.05) is 23.1 Å². The Hall–Kier alpha value is -4.08. The lowest BCUT2D eigenvalue weighted by Gasteiger charge is -2.37. The van der Waals surface area contributed by atoms with Crippen molar-refractivity contribution in [3.05, 3.63) is 70.6 Å². The Morgan fingerprint density at radius 1 is 1.28 bits per heavy atom. The lowest BCUT2D eigenvalue weighted by molar-refractivity contribution is -0.116. The van der Waals surface area contributed by atoms with E-state index in [-0.39, 0.29) is 28.8 Å². The number of hydrogen-bond acceptors (Lipinski definition) is 11. The van der Waals surface area contributed by atoms with Crippen molar-refractivity contribution < 1.29 is 18.7 Å². The van der Waals surface area contributed by atoms with Gasteiger partial charge in [0.15, 0.2) is 10.1 Å². The molecule has 0 fully saturated rings. The number of nitrogens with two attached hydrogens (primary N) is 1. The second kappa shape index (κ2) is 11.3. The summed E-state index contributed by atoms with van der Waals surface area (Å²) >= 11 is 2.49. The summed E-state index contributed by atoms with van der Waals surface area (Å²) in [5.41, 5.74) is 8.68. The number of Topliss-reactive ketones (excluding diaryl/α,β-unsaturated/α-hetero) is 1. The first-order valence-corrected chi connectivity index (χ1v) is 14.2. The van der Waals surface area contributed by atoms with Crippen LogP contribution >= 0.6 is 23.1 Å². The van der Waals surface area contributed by atoms with Crippen LogP contribution in [-0.4, -0.2) is 34.2 Å². The van der Waals surface area contributed by atoms with Gasteiger partial charge in [0.25, 0.3) is 0 Å². The maximum absolute atomic E-state index is 13.2. The molecule has 1 unspecified atom stereocenters. The zero-order valence-corrected chi connectivity index (χ0v) is 23.0. The molecule has 3 heterocycles. The van der Waals surface area contributed by atoms with E-state index < -0.39 is 5.92 Å². The van der Waals surface area contributed by atoms with Gasteiger partial charge in [0.1, 0.15) is 23.1 Å². The number of ketones is 1. The summed E-state index contributed by atoms with van der Waals surface area (Å²) in [7, 11) is 0. The Balaban J connectivity index is 1.35. The van der Waals surface area contributed by atoms with Gasteiger partial charge in [0.05, 0.1) is 29.9 Å². The number of amides is 1. The molecule has 3 aromatic rings. The number of ether oxygens (including phenoxy) is 1. The number of nitriles is 1. The molecule has 0 bridgehead atoms. The summed E-state index contributed by atoms with van der Waals surface area (Å²) in [5, 5.41) is 21.9. The van der Waals surface area contributed by atoms with Crippen molar-refractivity contribution in [3.8, 4) is 11.8 Å². The van der Waals surface area contributed by atoms with Gasteiger partial charge in [0.2, 0.25) is 11.0 Å². The molecule has 1 amide bonds. The minimum Gasteiger partial charge on any atom is -0.494 e. The first kappa shape index (κ1) is 26.5. The van der Waals surface area contributed by atoms with E-state index >= 15 is 0 Å². The minimum absolute atomic E-state index is 0.0365. The number of aromatic nitrogens is 2. The molecular formula is C27H26N6O4S2. The van der Waals surface area contributed by atoms with Crippen LogP contribution in [0.25, 0.3) is 0 Å². The summed E-state index contributed by atoms with van der Waals surface area (Å²) in [5.74, 6) is 1.38. The highest BCUT2D eigenvalue weighted by atomic mass is 32.2. The van der Waals surface area contributed by atoms with Gasteiger partial charge in [0, 0.05) is 23.4 Å². The summed E-state index contributed by atoms with van der Waals surface area (Å²) in [6.07, 6.45) is 1.66. The van der Waals surface area contributed by atoms with Crippen molar-refractivity contribution in [1.29, 1.82) is 5.26 Å². The molecular weight excluding hydrogens is 536 g/mol. The molecule has 2 aromatic heterocycles. The molecule has 2 aliphatic rings. The monoisotopic (exact) mass is 562 g/mol. The molecule has 200 valence electrons. The SMILES string of the molecule is CCOc1ccc(NC(=O)CSc2nnc(N3C(N)=C(C#N)C(c4ccc(C)o4)C4=C3CCCC4=O)s2)cc1. The molecule has 0 saturated carbocycles. The topological polar surface area (TPSA) is 147 Å². The van der Waals surface area contributed by atoms with Crippen LogP contribution in [0.1, 0.15) is 43.6 Å². The Morgan fingerprint density at radius 3 is 2.77 bits per heavy atom. The van der Waals surface area contributed by atoms with Gasteiger partial charge in [-0.25, -0.2) is 0 Å². The number of carbonyl (C=O) groups excluding carboxylic acids is 2. The van der Waals surface area contributed by atoms with Crippen LogP contribution in [0.4, 0.5) is 10.8 Å². The molecule has 5 rings (SSSR count). The fourth-order valence-corrected chi connectivity index (χ4v) is 6.36. The van der Waals surface area contributed by atoms with Crippen LogP contribution in [0.15, 0.2) is 67.8 Å². The third-order valence-electron chi connectivity index (χ3n) is 6.32. The van der Waals surface area contributed by atoms with E-state index in [0.29, 0.717) is 63.8 Å². The van der Waals surface area contributed by atoms with E-state index in [2.05, 4.69) is 21.6 Å². The van der Waals surface area contributed by atoms with E-state index in [4.69, 9.17) is 14.9 Å². The fraction of sp³-hybridized carbons (Fsp3) is 0.296. The summed E-state index contributed by atoms with van der Waals surface area (Å²) in [6.45, 7) is 4.30. The molecule has 39 heavy (non-hydrogen) atoms. The number of benzene rings is 1. The number of carbonyl (C=O) groups is 2. The number of rotatable bonds is 8. The smallest absolute Gasteiger partial charge is 0.234 e. The Labute approximate surface area is 233 Å². The average Bonchev–Trinajstić information content (AvgIpc) is 3.57. The minimum atomic E-state index is -0.657. The molecule has 3 N–H and O–H groups in total. The molecule has 1 aromatic carbocycles. The number of anilines is 2. The van der Waals surface area contributed by atoms with Gasteiger partial charge >= 0.3 is 0 Å². The van der Waals surface area contributed by atoms with E-state index in [1.54, 1.807) is 41.3 Å². The summed E-state index contributed by atoms with van der Waals surface area (Å²) < 4.78 is 11.8. The normalized spacial score (nSPS) is 17.2. The van der Waals surface area contributed by atoms with Gasteiger partial charge in [-0.15, -0.1) is 10.2 Å². The maximum Gasteiger partial charge on any atom is 0.234 e. The highest BCUT2D eigenvalue weighted by Crippen LogP contribution is 2.47. The number of thioether (sulfide) groups is 1. The highest BCUT2D eigenvalue weighted by molar-refractivity contribution is 8.01. The van der Waals surface area contributed by atoms with Gasteiger partial charge < -0.3 is 20.2 Å². The van der Waals surface area contributed by atoms with Crippen LogP contribution < -0.4 is 20.7 Å². The van der Waals surface area contributed by atoms with Crippen molar-refractivity contribution >= 4 is 45.6 Å². The molecule has 0 saturated heterocycles. The highest BCUT2D eigenvalue weighted by Gasteiger charge is 2.42. The molecule has 1 aliphatic carbocycles. The maximum atomic E-state index is 13.2. The first-order chi connectivity index (χ1) is 18.9. The first-order valence-electron chi connectivity index (χ1n) is 12.4. The van der Waals surface area contributed by atoms with Crippen molar-refractivity contribution in [2.45, 2.75) is 43.4 Å². The zero-order valence-electron chi connectivity index (χ0n) is 21.4. The van der Waals surface area contributed by atoms with Crippen LogP contribution in [0.5, 0.6) is 5.75 Å². The van der Waals surface area contributed by atoms with Crippen LogP contribution in [0.3, 0.4) is 0 Å². The van der Waals surface area contributed by atoms with Gasteiger partial charge in [-0.3, -0.25) is 14.5 Å². The summed E-state index contributed by atoms with van der Waals surface area (Å²) in [6, 6.07) is 12.9. The average molecular weight is 563 g/mol. The van der Waals surface area contributed by atoms with Crippen molar-refractivity contribution in [1.82, 2.24) is 10.2 Å². The third-order valence-corrected chi connectivity index (χ3v) is 8.36. The molecule has 0 spiro atoms. The molecule has 12 heteroatoms. The Morgan fingerprint density at radius 2 is 2.08 bits per heavy atom. The van der Waals surface area contributed by atoms with Crippen molar-refractivity contribution in [2.24, 2.45) is 5.73 Å². The van der Waals surface area contributed by atoms with E-state index in [1.807, 2.05) is 13.8 Å². The predicted molar refractivity (Wildman–Crippen MR) is 148 cm³/mol. The number of nitrogens with one attached hydrogen (secondary N) is 1. The standard InChI is InChI=1S/C27H26N6O4S2/c1-3-36-17-10-8-16(9-11-17)30-22(35)14-38-27-32-31-26(39-27)33-19-5-4-6-20(34)24(19)23(18(13-28)25(33)29)21-12-7-15(2)37-21/h7-12,23H,3-6,14,29H2,1-2H3,(H,30,35). The number of aryl methyl sites for hydroxylation is 1. The van der Waals surface area contributed by atoms with Crippen molar-refractivity contribution in [3.63, 3.8) is 0 Å². The molecule has 1 aliphatic heterocycles. The molecule has 1 atom stereocenters. The van der Waals surface area contributed by atoms with Gasteiger partial charge in [-0.05, 0) is 63.1 Å². The largest absolute Gasteiger partial charge is 0.494 e.